The maximum absolute atomic E-state index is 13.9. The predicted molar refractivity (Wildman–Crippen MR) is 157 cm³/mol. The normalized spacial score (nSPS) is 19.0. The van der Waals surface area contributed by atoms with E-state index in [1.54, 1.807) is 23.6 Å². The van der Waals surface area contributed by atoms with Gasteiger partial charge >= 0.3 is 6.03 Å². The zero-order valence-electron chi connectivity index (χ0n) is 25.0. The van der Waals surface area contributed by atoms with Crippen molar-refractivity contribution in [3.8, 4) is 0 Å². The van der Waals surface area contributed by atoms with Crippen LogP contribution in [0.25, 0.3) is 0 Å². The van der Waals surface area contributed by atoms with Gasteiger partial charge in [0.1, 0.15) is 11.1 Å². The number of piperazine rings is 1. The molecular weight excluding hydrogens is 506 g/mol. The number of hydrogen-bond acceptors (Lipinski definition) is 4. The summed E-state index contributed by atoms with van der Waals surface area (Å²) in [6.07, 6.45) is 12.1. The van der Waals surface area contributed by atoms with Gasteiger partial charge in [0.05, 0.1) is 0 Å². The molecule has 0 spiro atoms. The third-order valence-electron chi connectivity index (χ3n) is 8.74. The molecule has 2 heterocycles. The molecule has 0 aromatic carbocycles. The molecule has 2 N–H and O–H groups in total. The minimum absolute atomic E-state index is 0.0472. The number of aryl methyl sites for hydroxylation is 1. The number of carbonyl (C=O) groups is 3. The third kappa shape index (κ3) is 7.26. The SMILES string of the molecule is CC(C)NC(=O)N1CCN(C(=O)C(C)(C)NC(=O)c2cc3c(n(CC4CCCCC4)c2=O)CCCCCC3)CC1. The van der Waals surface area contributed by atoms with Crippen molar-refractivity contribution in [1.82, 2.24) is 25.0 Å². The van der Waals surface area contributed by atoms with Gasteiger partial charge in [0.25, 0.3) is 11.5 Å². The molecule has 2 fully saturated rings. The van der Waals surface area contributed by atoms with Crippen LogP contribution in [-0.2, 0) is 24.2 Å². The van der Waals surface area contributed by atoms with Crippen molar-refractivity contribution >= 4 is 17.8 Å². The van der Waals surface area contributed by atoms with Crippen molar-refractivity contribution in [2.75, 3.05) is 26.2 Å². The van der Waals surface area contributed by atoms with E-state index in [4.69, 9.17) is 0 Å². The Hall–Kier alpha value is -2.84. The number of fused-ring (bicyclic) bond motifs is 1. The molecule has 222 valence electrons. The van der Waals surface area contributed by atoms with E-state index in [1.807, 2.05) is 24.5 Å². The monoisotopic (exact) mass is 555 g/mol. The zero-order valence-corrected chi connectivity index (χ0v) is 25.0. The summed E-state index contributed by atoms with van der Waals surface area (Å²) in [6.45, 7) is 9.57. The molecule has 1 saturated carbocycles. The largest absolute Gasteiger partial charge is 0.338 e. The summed E-state index contributed by atoms with van der Waals surface area (Å²) in [5.74, 6) is -0.224. The molecule has 1 aliphatic heterocycles. The Bertz CT molecular complexity index is 1130. The number of aromatic nitrogens is 1. The Balaban J connectivity index is 1.50. The number of pyridine rings is 1. The first-order valence-corrected chi connectivity index (χ1v) is 15.5. The Morgan fingerprint density at radius 3 is 2.15 bits per heavy atom. The van der Waals surface area contributed by atoms with Gasteiger partial charge in [0.15, 0.2) is 0 Å². The fourth-order valence-electron chi connectivity index (χ4n) is 6.47. The van der Waals surface area contributed by atoms with Gasteiger partial charge < -0.3 is 25.0 Å². The third-order valence-corrected chi connectivity index (χ3v) is 8.74. The average Bonchev–Trinajstić information content (AvgIpc) is 2.90. The summed E-state index contributed by atoms with van der Waals surface area (Å²) < 4.78 is 1.92. The first-order valence-electron chi connectivity index (χ1n) is 15.5. The highest BCUT2D eigenvalue weighted by Gasteiger charge is 2.37. The standard InChI is InChI=1S/C31H49N5O4/c1-22(2)32-30(40)35-18-16-34(17-19-35)29(39)31(3,4)33-27(37)25-20-24-14-10-5-6-11-15-26(24)36(28(25)38)21-23-12-8-7-9-13-23/h20,22-23H,5-19,21H2,1-4H3,(H,32,40)(H,33,37). The van der Waals surface area contributed by atoms with Crippen LogP contribution in [0.5, 0.6) is 0 Å². The Labute approximate surface area is 239 Å². The van der Waals surface area contributed by atoms with E-state index in [9.17, 15) is 19.2 Å². The van der Waals surface area contributed by atoms with Crippen molar-refractivity contribution in [3.63, 3.8) is 0 Å². The Morgan fingerprint density at radius 1 is 0.900 bits per heavy atom. The number of rotatable bonds is 6. The molecule has 1 aromatic rings. The second-order valence-corrected chi connectivity index (χ2v) is 12.8. The molecular formula is C31H49N5O4. The lowest BCUT2D eigenvalue weighted by molar-refractivity contribution is -0.138. The molecule has 1 saturated heterocycles. The Morgan fingerprint density at radius 2 is 1.50 bits per heavy atom. The van der Waals surface area contributed by atoms with Crippen LogP contribution in [0.2, 0.25) is 0 Å². The second kappa shape index (κ2) is 13.2. The number of carbonyl (C=O) groups excluding carboxylic acids is 3. The quantitative estimate of drug-likeness (QED) is 0.556. The molecule has 40 heavy (non-hydrogen) atoms. The summed E-state index contributed by atoms with van der Waals surface area (Å²) in [7, 11) is 0. The highest BCUT2D eigenvalue weighted by Crippen LogP contribution is 2.27. The smallest absolute Gasteiger partial charge is 0.317 e. The molecule has 2 aliphatic carbocycles. The van der Waals surface area contributed by atoms with Gasteiger partial charge in [-0.05, 0) is 83.8 Å². The van der Waals surface area contributed by atoms with Crippen molar-refractivity contribution in [2.45, 2.75) is 116 Å². The number of urea groups is 1. The number of nitrogens with one attached hydrogen (secondary N) is 2. The minimum Gasteiger partial charge on any atom is -0.338 e. The summed E-state index contributed by atoms with van der Waals surface area (Å²) in [6, 6.07) is 1.73. The van der Waals surface area contributed by atoms with Crippen LogP contribution in [0.3, 0.4) is 0 Å². The summed E-state index contributed by atoms with van der Waals surface area (Å²) in [4.78, 5) is 56.7. The molecule has 0 atom stereocenters. The fraction of sp³-hybridized carbons (Fsp3) is 0.742. The van der Waals surface area contributed by atoms with E-state index in [0.717, 1.165) is 56.2 Å². The van der Waals surface area contributed by atoms with Crippen LogP contribution in [0, 0.1) is 5.92 Å². The van der Waals surface area contributed by atoms with E-state index in [0.29, 0.717) is 38.6 Å². The summed E-state index contributed by atoms with van der Waals surface area (Å²) in [5, 5.41) is 5.79. The molecule has 0 unspecified atom stereocenters. The molecule has 9 nitrogen and oxygen atoms in total. The molecule has 4 amide bonds. The maximum atomic E-state index is 13.9. The van der Waals surface area contributed by atoms with Crippen molar-refractivity contribution < 1.29 is 14.4 Å². The molecule has 4 rings (SSSR count). The maximum Gasteiger partial charge on any atom is 0.317 e. The number of nitrogens with zero attached hydrogens (tertiary/aromatic N) is 3. The lowest BCUT2D eigenvalue weighted by Crippen LogP contribution is -2.61. The molecule has 3 aliphatic rings. The van der Waals surface area contributed by atoms with Crippen LogP contribution in [0.15, 0.2) is 10.9 Å². The van der Waals surface area contributed by atoms with Gasteiger partial charge in [0, 0.05) is 44.5 Å². The van der Waals surface area contributed by atoms with Crippen molar-refractivity contribution in [2.24, 2.45) is 5.92 Å². The number of amides is 4. The van der Waals surface area contributed by atoms with Gasteiger partial charge in [-0.15, -0.1) is 0 Å². The molecule has 0 bridgehead atoms. The van der Waals surface area contributed by atoms with E-state index < -0.39 is 11.4 Å². The lowest BCUT2D eigenvalue weighted by atomic mass is 9.88. The highest BCUT2D eigenvalue weighted by atomic mass is 16.2. The molecule has 1 aromatic heterocycles. The van der Waals surface area contributed by atoms with E-state index in [1.165, 1.54) is 25.7 Å². The van der Waals surface area contributed by atoms with E-state index in [-0.39, 0.29) is 29.1 Å². The fourth-order valence-corrected chi connectivity index (χ4v) is 6.47. The van der Waals surface area contributed by atoms with Crippen LogP contribution >= 0.6 is 0 Å². The first-order chi connectivity index (χ1) is 19.1. The van der Waals surface area contributed by atoms with Gasteiger partial charge in [-0.3, -0.25) is 14.4 Å². The summed E-state index contributed by atoms with van der Waals surface area (Å²) in [5.41, 5.74) is 0.952. The van der Waals surface area contributed by atoms with Gasteiger partial charge in [0.2, 0.25) is 5.91 Å². The van der Waals surface area contributed by atoms with Crippen LogP contribution < -0.4 is 16.2 Å². The van der Waals surface area contributed by atoms with E-state index >= 15 is 0 Å². The van der Waals surface area contributed by atoms with Gasteiger partial charge in [-0.25, -0.2) is 4.79 Å². The highest BCUT2D eigenvalue weighted by molar-refractivity contribution is 5.99. The first kappa shape index (κ1) is 30.1. The van der Waals surface area contributed by atoms with Crippen LogP contribution in [0.4, 0.5) is 4.79 Å². The van der Waals surface area contributed by atoms with Crippen molar-refractivity contribution in [1.29, 1.82) is 0 Å². The minimum atomic E-state index is -1.19. The second-order valence-electron chi connectivity index (χ2n) is 12.8. The van der Waals surface area contributed by atoms with Crippen molar-refractivity contribution in [3.05, 3.63) is 33.2 Å². The molecule has 9 heteroatoms. The Kier molecular flexibility index (Phi) is 9.95. The van der Waals surface area contributed by atoms with Gasteiger partial charge in [-0.1, -0.05) is 32.1 Å². The average molecular weight is 556 g/mol. The topological polar surface area (TPSA) is 104 Å². The van der Waals surface area contributed by atoms with E-state index in [2.05, 4.69) is 10.6 Å². The van der Waals surface area contributed by atoms with Crippen LogP contribution in [-0.4, -0.2) is 70.0 Å². The summed E-state index contributed by atoms with van der Waals surface area (Å²) >= 11 is 0. The zero-order chi connectivity index (χ0) is 28.9. The van der Waals surface area contributed by atoms with Gasteiger partial charge in [-0.2, -0.15) is 0 Å². The molecule has 0 radical (unpaired) electrons. The number of hydrogen-bond donors (Lipinski definition) is 2. The lowest BCUT2D eigenvalue weighted by Gasteiger charge is -2.39. The predicted octanol–water partition coefficient (Wildman–Crippen LogP) is 3.86. The van der Waals surface area contributed by atoms with Crippen LogP contribution in [0.1, 0.15) is 107 Å².